The molecule has 6 aromatic rings. The average molecular weight is 735 g/mol. The van der Waals surface area contributed by atoms with Gasteiger partial charge < -0.3 is 9.47 Å². The molecule has 0 bridgehead atoms. The predicted molar refractivity (Wildman–Crippen MR) is 221 cm³/mol. The molecule has 9 rings (SSSR count). The first-order chi connectivity index (χ1) is 25.9. The number of fused-ring (bicyclic) bond motifs is 5. The van der Waals surface area contributed by atoms with E-state index in [0.29, 0.717) is 17.1 Å². The lowest BCUT2D eigenvalue weighted by Gasteiger charge is -2.17. The van der Waals surface area contributed by atoms with Crippen LogP contribution < -0.4 is 9.47 Å². The fourth-order valence-electron chi connectivity index (χ4n) is 8.32. The molecule has 1 unspecified atom stereocenters. The van der Waals surface area contributed by atoms with Crippen LogP contribution in [0.15, 0.2) is 131 Å². The van der Waals surface area contributed by atoms with E-state index in [9.17, 15) is 9.59 Å². The second kappa shape index (κ2) is 14.2. The Balaban J connectivity index is 1.10. The summed E-state index contributed by atoms with van der Waals surface area (Å²) in [5.74, 6) is 4.76. The molecular weight excluding hydrogens is 693 g/mol. The smallest absolute Gasteiger partial charge is 0.338 e. The molecule has 1 atom stereocenters. The summed E-state index contributed by atoms with van der Waals surface area (Å²) in [5.41, 5.74) is 6.36. The summed E-state index contributed by atoms with van der Waals surface area (Å²) in [6, 6.07) is 37.8. The molecule has 2 aliphatic heterocycles. The van der Waals surface area contributed by atoms with Gasteiger partial charge in [0, 0.05) is 48.9 Å². The van der Waals surface area contributed by atoms with Crippen LogP contribution in [0.4, 0.5) is 0 Å². The first kappa shape index (κ1) is 34.0. The third kappa shape index (κ3) is 6.26. The Morgan fingerprint density at radius 1 is 0.566 bits per heavy atom. The van der Waals surface area contributed by atoms with Gasteiger partial charge in [0.2, 0.25) is 0 Å². The van der Waals surface area contributed by atoms with Crippen molar-refractivity contribution in [3.63, 3.8) is 0 Å². The maximum Gasteiger partial charge on any atom is 0.338 e. The number of hydrogen-bond acceptors (Lipinski definition) is 4. The molecule has 0 N–H and O–H groups in total. The van der Waals surface area contributed by atoms with Crippen molar-refractivity contribution in [2.45, 2.75) is 54.7 Å². The Kier molecular flexibility index (Phi) is 9.13. The molecule has 0 amide bonds. The normalized spacial score (nSPS) is 17.1. The molecule has 264 valence electrons. The van der Waals surface area contributed by atoms with Gasteiger partial charge in [0.05, 0.1) is 0 Å². The minimum Gasteiger partial charge on any atom is -0.425 e. The third-order valence-electron chi connectivity index (χ3n) is 11.0. The van der Waals surface area contributed by atoms with Crippen molar-refractivity contribution in [2.75, 3.05) is 23.0 Å². The largest absolute Gasteiger partial charge is 0.425 e. The van der Waals surface area contributed by atoms with E-state index in [2.05, 4.69) is 85.4 Å². The Morgan fingerprint density at radius 3 is 1.85 bits per heavy atom. The minimum absolute atomic E-state index is 0.166. The molecule has 2 fully saturated rings. The maximum absolute atomic E-state index is 14.5. The molecule has 2 heterocycles. The van der Waals surface area contributed by atoms with Crippen LogP contribution in [0.3, 0.4) is 0 Å². The number of benzene rings is 6. The van der Waals surface area contributed by atoms with Crippen molar-refractivity contribution < 1.29 is 19.1 Å². The highest BCUT2D eigenvalue weighted by Gasteiger charge is 2.37. The summed E-state index contributed by atoms with van der Waals surface area (Å²) >= 11 is 0. The van der Waals surface area contributed by atoms with Gasteiger partial charge in [0.15, 0.2) is 9.79 Å². The van der Waals surface area contributed by atoms with Crippen molar-refractivity contribution in [1.82, 2.24) is 0 Å². The first-order valence-electron chi connectivity index (χ1n) is 18.7. The van der Waals surface area contributed by atoms with Crippen molar-refractivity contribution in [1.29, 1.82) is 0 Å². The number of rotatable bonds is 7. The monoisotopic (exact) mass is 734 g/mol. The fourth-order valence-corrected chi connectivity index (χ4v) is 13.3. The fraction of sp³-hybridized carbons (Fsp3) is 0.234. The van der Waals surface area contributed by atoms with Gasteiger partial charge in [0.1, 0.15) is 40.4 Å². The van der Waals surface area contributed by atoms with E-state index in [0.717, 1.165) is 49.5 Å². The molecule has 1 aliphatic carbocycles. The zero-order chi connectivity index (χ0) is 36.1. The van der Waals surface area contributed by atoms with E-state index in [1.165, 1.54) is 70.3 Å². The molecular formula is C47H42O4S2+2. The molecule has 4 nitrogen and oxygen atoms in total. The van der Waals surface area contributed by atoms with Crippen LogP contribution in [0, 0.1) is 0 Å². The van der Waals surface area contributed by atoms with E-state index < -0.39 is 11.9 Å². The maximum atomic E-state index is 14.5. The number of carbonyl (C=O) groups is 2. The summed E-state index contributed by atoms with van der Waals surface area (Å²) in [7, 11) is 0.410. The topological polar surface area (TPSA) is 52.6 Å². The van der Waals surface area contributed by atoms with E-state index in [4.69, 9.17) is 9.47 Å². The summed E-state index contributed by atoms with van der Waals surface area (Å²) < 4.78 is 12.3. The van der Waals surface area contributed by atoms with Crippen LogP contribution in [0.5, 0.6) is 11.5 Å². The van der Waals surface area contributed by atoms with Crippen molar-refractivity contribution in [2.24, 2.45) is 0 Å². The first-order valence-corrected chi connectivity index (χ1v) is 21.8. The predicted octanol–water partition coefficient (Wildman–Crippen LogP) is 10.8. The van der Waals surface area contributed by atoms with E-state index >= 15 is 0 Å². The van der Waals surface area contributed by atoms with Gasteiger partial charge in [-0.05, 0) is 121 Å². The Bertz CT molecular complexity index is 2440. The summed E-state index contributed by atoms with van der Waals surface area (Å²) in [4.78, 5) is 29.9. The molecule has 3 aliphatic rings. The van der Waals surface area contributed by atoms with Gasteiger partial charge in [-0.2, -0.15) is 0 Å². The van der Waals surface area contributed by atoms with Crippen LogP contribution >= 0.6 is 0 Å². The highest BCUT2D eigenvalue weighted by Crippen LogP contribution is 2.48. The standard InChI is InChI=1S/C47H42O4S2/c1-30(2)46(48)50-42-21-23-44(52-24-8-3-9-25-52)37-19-17-31(28-39(37)42)32-16-18-34-33-12-4-7-15-38(33)45(40(34)29-32)47(49)51-41-20-22-43(53-26-10-11-27-53)36-14-6-5-13-35(36)41/h4-7,12-23,28-29,45H,1,3,8-11,24-27H2,2H3/q+2. The summed E-state index contributed by atoms with van der Waals surface area (Å²) in [6.07, 6.45) is 6.35. The van der Waals surface area contributed by atoms with Gasteiger partial charge in [-0.3, -0.25) is 4.79 Å². The lowest BCUT2D eigenvalue weighted by atomic mass is 9.93. The average Bonchev–Trinajstić information content (AvgIpc) is 3.85. The van der Waals surface area contributed by atoms with Crippen LogP contribution in [0.1, 0.15) is 56.1 Å². The Hall–Kier alpha value is -4.78. The SMILES string of the molecule is C=C(C)C(=O)Oc1ccc([S+]2CCCCC2)c2ccc(-c3ccc4c(c3)C(C(=O)Oc3ccc([S+]5CCCC5)c5ccccc35)c3ccccc3-4)cc12. The van der Waals surface area contributed by atoms with E-state index in [-0.39, 0.29) is 27.8 Å². The molecule has 0 radical (unpaired) electrons. The van der Waals surface area contributed by atoms with Crippen molar-refractivity contribution >= 4 is 55.3 Å². The molecule has 0 aromatic heterocycles. The van der Waals surface area contributed by atoms with E-state index in [1.807, 2.05) is 30.3 Å². The second-order valence-electron chi connectivity index (χ2n) is 14.4. The zero-order valence-electron chi connectivity index (χ0n) is 30.0. The van der Waals surface area contributed by atoms with Gasteiger partial charge in [-0.25, -0.2) is 4.79 Å². The van der Waals surface area contributed by atoms with Crippen LogP contribution in [0.25, 0.3) is 43.8 Å². The molecule has 2 saturated heterocycles. The molecule has 6 aromatic carbocycles. The highest BCUT2D eigenvalue weighted by atomic mass is 32.2. The van der Waals surface area contributed by atoms with Crippen LogP contribution in [0.2, 0.25) is 0 Å². The lowest BCUT2D eigenvalue weighted by Crippen LogP contribution is -2.18. The van der Waals surface area contributed by atoms with Gasteiger partial charge in [-0.1, -0.05) is 67.2 Å². The lowest BCUT2D eigenvalue weighted by molar-refractivity contribution is -0.135. The second-order valence-corrected chi connectivity index (χ2v) is 18.9. The Labute approximate surface area is 316 Å². The van der Waals surface area contributed by atoms with Gasteiger partial charge >= 0.3 is 11.9 Å². The van der Waals surface area contributed by atoms with E-state index in [1.54, 1.807) is 6.92 Å². The van der Waals surface area contributed by atoms with Crippen LogP contribution in [-0.2, 0) is 31.4 Å². The number of carbonyl (C=O) groups excluding carboxylic acids is 2. The molecule has 6 heteroatoms. The zero-order valence-corrected chi connectivity index (χ0v) is 31.6. The molecule has 0 spiro atoms. The van der Waals surface area contributed by atoms with Crippen molar-refractivity contribution in [3.8, 4) is 33.8 Å². The highest BCUT2D eigenvalue weighted by molar-refractivity contribution is 7.97. The number of ether oxygens (including phenoxy) is 2. The quantitative estimate of drug-likeness (QED) is 0.0709. The summed E-state index contributed by atoms with van der Waals surface area (Å²) in [5, 5.41) is 4.23. The van der Waals surface area contributed by atoms with Crippen LogP contribution in [-0.4, -0.2) is 35.0 Å². The Morgan fingerprint density at radius 2 is 1.13 bits per heavy atom. The van der Waals surface area contributed by atoms with Crippen molar-refractivity contribution in [3.05, 3.63) is 132 Å². The summed E-state index contributed by atoms with van der Waals surface area (Å²) in [6.45, 7) is 5.48. The minimum atomic E-state index is -0.567. The molecule has 53 heavy (non-hydrogen) atoms. The molecule has 0 saturated carbocycles. The third-order valence-corrected chi connectivity index (χ3v) is 16.1. The number of hydrogen-bond donors (Lipinski definition) is 0. The van der Waals surface area contributed by atoms with Gasteiger partial charge in [0.25, 0.3) is 0 Å². The number of esters is 2. The van der Waals surface area contributed by atoms with Gasteiger partial charge in [-0.15, -0.1) is 0 Å².